The molecule has 404 valence electrons. The van der Waals surface area contributed by atoms with E-state index in [0.29, 0.717) is 81.0 Å². The van der Waals surface area contributed by atoms with Crippen molar-refractivity contribution < 1.29 is 73.2 Å². The van der Waals surface area contributed by atoms with Gasteiger partial charge in [-0.25, -0.2) is 0 Å². The highest BCUT2D eigenvalue weighted by atomic mass is 19.4. The summed E-state index contributed by atoms with van der Waals surface area (Å²) in [7, 11) is 0. The second-order valence-electron chi connectivity index (χ2n) is 27.7. The van der Waals surface area contributed by atoms with Crippen LogP contribution in [-0.2, 0) is 28.5 Å². The Morgan fingerprint density at radius 2 is 1.06 bits per heavy atom. The lowest BCUT2D eigenvalue weighted by Gasteiger charge is -2.62. The summed E-state index contributed by atoms with van der Waals surface area (Å²) in [5.74, 6) is -4.77. The van der Waals surface area contributed by atoms with Crippen molar-refractivity contribution >= 4 is 11.9 Å². The van der Waals surface area contributed by atoms with Gasteiger partial charge in [-0.05, 0) is 235 Å². The molecule has 12 atom stereocenters. The van der Waals surface area contributed by atoms with E-state index in [9.17, 15) is 23.1 Å². The fourth-order valence-corrected chi connectivity index (χ4v) is 19.1. The predicted octanol–water partition coefficient (Wildman–Crippen LogP) is 13.5. The molecular weight excluding hydrogens is 944 g/mol. The van der Waals surface area contributed by atoms with Crippen molar-refractivity contribution in [1.82, 2.24) is 0 Å². The molecule has 12 unspecified atom stereocenters. The second-order valence-corrected chi connectivity index (χ2v) is 27.7. The maximum absolute atomic E-state index is 17.1. The monoisotopic (exact) mass is 1020 g/mol. The molecule has 0 aromatic rings. The SMILES string of the molecule is CC1CC2C3CC(CC(C)(O)C(F)(F)F)C(C3)C2OC1CC(C(=O)OC(C)(C)C12CC3CC(CC(C3)C1)C2)(C1CCCOC1CC(C)(C(=O)OC(C)(C)C12CC3CC(CC(C3)C1)C2)C(F)(F)F)C(F)(F)F. The third-order valence-corrected chi connectivity index (χ3v) is 22.6. The first kappa shape index (κ1) is 52.6. The average Bonchev–Trinajstić information content (AvgIpc) is 3.78. The molecule has 0 spiro atoms. The molecule has 16 heteroatoms. The summed E-state index contributed by atoms with van der Waals surface area (Å²) in [6, 6.07) is 0. The van der Waals surface area contributed by atoms with Crippen molar-refractivity contribution in [1.29, 1.82) is 0 Å². The van der Waals surface area contributed by atoms with Gasteiger partial charge in [0, 0.05) is 23.4 Å². The van der Waals surface area contributed by atoms with Crippen LogP contribution < -0.4 is 0 Å². The Balaban J connectivity index is 0.993. The largest absolute Gasteiger partial charge is 0.458 e. The Kier molecular flexibility index (Phi) is 12.7. The molecule has 0 amide bonds. The molecule has 10 saturated carbocycles. The van der Waals surface area contributed by atoms with Crippen LogP contribution in [0.5, 0.6) is 0 Å². The van der Waals surface area contributed by atoms with Crippen LogP contribution in [0.25, 0.3) is 0 Å². The summed E-state index contributed by atoms with van der Waals surface area (Å²) in [5, 5.41) is 10.5. The third kappa shape index (κ3) is 8.53. The zero-order valence-electron chi connectivity index (χ0n) is 42.8. The number of ether oxygens (including phenoxy) is 4. The van der Waals surface area contributed by atoms with Gasteiger partial charge in [-0.15, -0.1) is 0 Å². The number of rotatable bonds is 13. The van der Waals surface area contributed by atoms with Gasteiger partial charge < -0.3 is 24.1 Å². The van der Waals surface area contributed by atoms with Crippen molar-refractivity contribution in [3.8, 4) is 0 Å². The third-order valence-electron chi connectivity index (χ3n) is 22.6. The predicted molar refractivity (Wildman–Crippen MR) is 243 cm³/mol. The van der Waals surface area contributed by atoms with Crippen molar-refractivity contribution in [2.24, 2.45) is 92.7 Å². The number of fused-ring (bicyclic) bond motifs is 5. The van der Waals surface area contributed by atoms with Crippen molar-refractivity contribution in [3.05, 3.63) is 0 Å². The van der Waals surface area contributed by atoms with E-state index in [1.165, 1.54) is 0 Å². The van der Waals surface area contributed by atoms with Crippen molar-refractivity contribution in [2.45, 2.75) is 231 Å². The molecule has 2 heterocycles. The summed E-state index contributed by atoms with van der Waals surface area (Å²) < 4.78 is 166. The molecule has 0 aromatic carbocycles. The first-order chi connectivity index (χ1) is 32.7. The normalized spacial score (nSPS) is 44.4. The lowest BCUT2D eigenvalue weighted by molar-refractivity contribution is -0.295. The molecule has 12 fully saturated rings. The summed E-state index contributed by atoms with van der Waals surface area (Å²) in [6.45, 7) is 9.69. The number of hydrogen-bond donors (Lipinski definition) is 1. The Morgan fingerprint density at radius 1 is 0.577 bits per heavy atom. The number of carbonyl (C=O) groups is 2. The zero-order chi connectivity index (χ0) is 51.5. The molecule has 2 saturated heterocycles. The lowest BCUT2D eigenvalue weighted by Crippen LogP contribution is -2.63. The van der Waals surface area contributed by atoms with Gasteiger partial charge in [-0.1, -0.05) is 6.92 Å². The van der Waals surface area contributed by atoms with Gasteiger partial charge >= 0.3 is 30.5 Å². The molecule has 7 nitrogen and oxygen atoms in total. The second kappa shape index (κ2) is 17.1. The number of carbonyl (C=O) groups excluding carboxylic acids is 2. The Hall–Kier alpha value is -1.81. The van der Waals surface area contributed by atoms with E-state index in [4.69, 9.17) is 18.9 Å². The summed E-state index contributed by atoms with van der Waals surface area (Å²) in [5.41, 5.74) is -13.6. The van der Waals surface area contributed by atoms with Gasteiger partial charge in [0.15, 0.2) is 16.4 Å². The van der Waals surface area contributed by atoms with Gasteiger partial charge in [0.2, 0.25) is 0 Å². The maximum atomic E-state index is 17.1. The molecule has 12 rings (SSSR count). The van der Waals surface area contributed by atoms with Gasteiger partial charge in [-0.2, -0.15) is 39.5 Å². The zero-order valence-corrected chi connectivity index (χ0v) is 42.8. The Labute approximate surface area is 413 Å². The molecule has 0 aromatic heterocycles. The van der Waals surface area contributed by atoms with Crippen LogP contribution in [0.3, 0.4) is 0 Å². The molecule has 10 aliphatic carbocycles. The van der Waals surface area contributed by atoms with E-state index < -0.39 is 130 Å². The van der Waals surface area contributed by atoms with Crippen molar-refractivity contribution in [2.75, 3.05) is 6.61 Å². The molecule has 71 heavy (non-hydrogen) atoms. The minimum Gasteiger partial charge on any atom is -0.458 e. The van der Waals surface area contributed by atoms with Gasteiger partial charge in [0.1, 0.15) is 11.2 Å². The molecule has 12 aliphatic rings. The first-order valence-electron chi connectivity index (χ1n) is 27.4. The number of esters is 2. The Bertz CT molecular complexity index is 1970. The number of aliphatic hydroxyl groups is 1. The highest BCUT2D eigenvalue weighted by Gasteiger charge is 2.73. The van der Waals surface area contributed by atoms with Crippen molar-refractivity contribution in [3.63, 3.8) is 0 Å². The smallest absolute Gasteiger partial charge is 0.416 e. The van der Waals surface area contributed by atoms with Crippen LogP contribution in [0, 0.1) is 92.7 Å². The van der Waals surface area contributed by atoms with Gasteiger partial charge in [0.05, 0.1) is 18.3 Å². The standard InChI is InChI=1S/C55H79F9O7/c1-29-11-38-36-18-37(26-49(7,67)54(59,60)61)39(19-36)43(38)69-41(29)28-52(55(62,63)64,45(66)71-47(4,5)51-23-33-15-34(24-51)17-35(16-33)25-51)40-9-8-10-68-42(40)27-48(6,53(56,57)58)44(65)70-46(2,3)50-20-30-12-31(21-50)14-32(13-30)22-50/h29-43,67H,8-28H2,1-7H3. The molecule has 1 N–H and O–H groups in total. The van der Waals surface area contributed by atoms with Crippen LogP contribution in [-0.4, -0.2) is 77.3 Å². The van der Waals surface area contributed by atoms with Crippen LogP contribution in [0.2, 0.25) is 0 Å². The fourth-order valence-electron chi connectivity index (χ4n) is 19.1. The number of alkyl halides is 9. The highest BCUT2D eigenvalue weighted by molar-refractivity contribution is 5.80. The topological polar surface area (TPSA) is 91.3 Å². The quantitative estimate of drug-likeness (QED) is 0.145. The van der Waals surface area contributed by atoms with E-state index in [2.05, 4.69) is 0 Å². The van der Waals surface area contributed by atoms with E-state index in [1.54, 1.807) is 34.6 Å². The Morgan fingerprint density at radius 3 is 1.51 bits per heavy atom. The number of hydrogen-bond acceptors (Lipinski definition) is 7. The van der Waals surface area contributed by atoms with Crippen LogP contribution in [0.4, 0.5) is 39.5 Å². The maximum Gasteiger partial charge on any atom is 0.416 e. The van der Waals surface area contributed by atoms with E-state index in [1.807, 2.05) is 0 Å². The minimum atomic E-state index is -5.43. The summed E-state index contributed by atoms with van der Waals surface area (Å²) >= 11 is 0. The highest BCUT2D eigenvalue weighted by Crippen LogP contribution is 2.68. The lowest BCUT2D eigenvalue weighted by atomic mass is 9.46. The molecule has 10 bridgehead atoms. The van der Waals surface area contributed by atoms with Crippen LogP contribution >= 0.6 is 0 Å². The number of halogens is 9. The van der Waals surface area contributed by atoms with E-state index in [-0.39, 0.29) is 31.3 Å². The molecule has 2 aliphatic heterocycles. The van der Waals surface area contributed by atoms with Gasteiger partial charge in [-0.3, -0.25) is 9.59 Å². The summed E-state index contributed by atoms with van der Waals surface area (Å²) in [6.07, 6.45) is -11.0. The molecule has 0 radical (unpaired) electrons. The van der Waals surface area contributed by atoms with Crippen LogP contribution in [0.15, 0.2) is 0 Å². The summed E-state index contributed by atoms with van der Waals surface area (Å²) in [4.78, 5) is 30.2. The van der Waals surface area contributed by atoms with E-state index in [0.717, 1.165) is 64.7 Å². The molecular formula is C55H79F9O7. The average molecular weight is 1020 g/mol. The minimum absolute atomic E-state index is 0.00673. The van der Waals surface area contributed by atoms with Gasteiger partial charge in [0.25, 0.3) is 0 Å². The first-order valence-corrected chi connectivity index (χ1v) is 27.4. The van der Waals surface area contributed by atoms with Crippen LogP contribution in [0.1, 0.15) is 177 Å². The van der Waals surface area contributed by atoms with E-state index >= 15 is 31.1 Å². The fraction of sp³-hybridized carbons (Fsp3) is 0.964.